The SMILES string of the molecule is COc1ccccc1CCNC(=O)c1cc(C)nc(Nc2cc(C)on2)n1. The number of nitrogens with one attached hydrogen (secondary N) is 2. The lowest BCUT2D eigenvalue weighted by Crippen LogP contribution is -2.27. The molecule has 0 spiro atoms. The van der Waals surface area contributed by atoms with Crippen LogP contribution in [0.4, 0.5) is 11.8 Å². The zero-order valence-corrected chi connectivity index (χ0v) is 15.4. The molecule has 1 aromatic carbocycles. The fourth-order valence-corrected chi connectivity index (χ4v) is 2.59. The number of hydrogen-bond donors (Lipinski definition) is 2. The fourth-order valence-electron chi connectivity index (χ4n) is 2.59. The second kappa shape index (κ2) is 8.31. The number of aromatic nitrogens is 3. The standard InChI is InChI=1S/C19H21N5O3/c1-12-10-15(22-19(21-12)23-17-11-13(2)27-24-17)18(25)20-9-8-14-6-4-5-7-16(14)26-3/h4-7,10-11H,8-9H2,1-3H3,(H,20,25)(H,21,22,23,24). The summed E-state index contributed by atoms with van der Waals surface area (Å²) in [4.78, 5) is 21.0. The van der Waals surface area contributed by atoms with Crippen molar-refractivity contribution in [1.82, 2.24) is 20.4 Å². The van der Waals surface area contributed by atoms with E-state index in [1.807, 2.05) is 24.3 Å². The van der Waals surface area contributed by atoms with E-state index in [1.54, 1.807) is 33.1 Å². The highest BCUT2D eigenvalue weighted by Gasteiger charge is 2.12. The third-order valence-corrected chi connectivity index (χ3v) is 3.83. The topological polar surface area (TPSA) is 102 Å². The van der Waals surface area contributed by atoms with E-state index < -0.39 is 0 Å². The van der Waals surface area contributed by atoms with Crippen LogP contribution >= 0.6 is 0 Å². The first-order valence-corrected chi connectivity index (χ1v) is 8.51. The van der Waals surface area contributed by atoms with Gasteiger partial charge in [0.15, 0.2) is 5.82 Å². The summed E-state index contributed by atoms with van der Waals surface area (Å²) in [7, 11) is 1.63. The van der Waals surface area contributed by atoms with E-state index in [0.29, 0.717) is 30.2 Å². The Morgan fingerprint density at radius 1 is 1.19 bits per heavy atom. The van der Waals surface area contributed by atoms with E-state index in [2.05, 4.69) is 25.8 Å². The van der Waals surface area contributed by atoms with Gasteiger partial charge in [0.25, 0.3) is 5.91 Å². The molecule has 0 saturated heterocycles. The Morgan fingerprint density at radius 2 is 2.00 bits per heavy atom. The van der Waals surface area contributed by atoms with Crippen LogP contribution in [0, 0.1) is 13.8 Å². The first-order valence-electron chi connectivity index (χ1n) is 8.51. The molecule has 0 saturated carbocycles. The molecule has 1 amide bonds. The molecule has 0 fully saturated rings. The summed E-state index contributed by atoms with van der Waals surface area (Å²) < 4.78 is 10.3. The van der Waals surface area contributed by atoms with Gasteiger partial charge < -0.3 is 19.9 Å². The quantitative estimate of drug-likeness (QED) is 0.662. The molecule has 0 bridgehead atoms. The van der Waals surface area contributed by atoms with Crippen LogP contribution in [0.3, 0.4) is 0 Å². The van der Waals surface area contributed by atoms with Gasteiger partial charge in [0, 0.05) is 18.3 Å². The van der Waals surface area contributed by atoms with Gasteiger partial charge in [0.1, 0.15) is 17.2 Å². The molecule has 140 valence electrons. The number of amides is 1. The monoisotopic (exact) mass is 367 g/mol. The number of hydrogen-bond acceptors (Lipinski definition) is 7. The summed E-state index contributed by atoms with van der Waals surface area (Å²) in [5, 5.41) is 9.64. The van der Waals surface area contributed by atoms with Crippen LogP contribution in [0.25, 0.3) is 0 Å². The Morgan fingerprint density at radius 3 is 2.74 bits per heavy atom. The normalized spacial score (nSPS) is 10.5. The number of ether oxygens (including phenoxy) is 1. The summed E-state index contributed by atoms with van der Waals surface area (Å²) >= 11 is 0. The van der Waals surface area contributed by atoms with Gasteiger partial charge in [-0.15, -0.1) is 0 Å². The molecule has 8 heteroatoms. The van der Waals surface area contributed by atoms with E-state index in [1.165, 1.54) is 0 Å². The third kappa shape index (κ3) is 4.81. The van der Waals surface area contributed by atoms with Crippen molar-refractivity contribution in [1.29, 1.82) is 0 Å². The molecule has 3 rings (SSSR count). The van der Waals surface area contributed by atoms with Gasteiger partial charge in [-0.25, -0.2) is 9.97 Å². The summed E-state index contributed by atoms with van der Waals surface area (Å²) in [6, 6.07) is 11.1. The van der Waals surface area contributed by atoms with Crippen LogP contribution in [0.15, 0.2) is 40.9 Å². The Labute approximate surface area is 157 Å². The van der Waals surface area contributed by atoms with Crippen LogP contribution in [0.5, 0.6) is 5.75 Å². The molecule has 0 aliphatic carbocycles. The van der Waals surface area contributed by atoms with Gasteiger partial charge in [0.2, 0.25) is 5.95 Å². The van der Waals surface area contributed by atoms with Crippen molar-refractivity contribution in [3.63, 3.8) is 0 Å². The molecule has 0 unspecified atom stereocenters. The van der Waals surface area contributed by atoms with E-state index in [4.69, 9.17) is 9.26 Å². The molecule has 27 heavy (non-hydrogen) atoms. The van der Waals surface area contributed by atoms with Gasteiger partial charge in [-0.1, -0.05) is 23.4 Å². The molecule has 2 aromatic heterocycles. The molecule has 2 N–H and O–H groups in total. The zero-order valence-electron chi connectivity index (χ0n) is 15.4. The second-order valence-electron chi connectivity index (χ2n) is 5.98. The molecule has 0 aliphatic rings. The number of nitrogens with zero attached hydrogens (tertiary/aromatic N) is 3. The van der Waals surface area contributed by atoms with Crippen molar-refractivity contribution in [3.05, 3.63) is 59.1 Å². The largest absolute Gasteiger partial charge is 0.496 e. The summed E-state index contributed by atoms with van der Waals surface area (Å²) in [5.41, 5.74) is 1.98. The predicted octanol–water partition coefficient (Wildman–Crippen LogP) is 2.81. The average Bonchev–Trinajstić information content (AvgIpc) is 3.06. The maximum atomic E-state index is 12.5. The molecule has 0 atom stereocenters. The molecule has 3 aromatic rings. The first kappa shape index (κ1) is 18.4. The van der Waals surface area contributed by atoms with Gasteiger partial charge in [-0.2, -0.15) is 0 Å². The van der Waals surface area contributed by atoms with Crippen molar-refractivity contribution in [3.8, 4) is 5.75 Å². The minimum Gasteiger partial charge on any atom is -0.496 e. The maximum Gasteiger partial charge on any atom is 0.270 e. The minimum absolute atomic E-state index is 0.269. The van der Waals surface area contributed by atoms with Crippen molar-refractivity contribution in [2.75, 3.05) is 19.0 Å². The highest BCUT2D eigenvalue weighted by molar-refractivity contribution is 5.92. The molecular formula is C19H21N5O3. The summed E-state index contributed by atoms with van der Waals surface area (Å²) in [6.45, 7) is 4.05. The smallest absolute Gasteiger partial charge is 0.270 e. The Hall–Kier alpha value is -3.42. The summed E-state index contributed by atoms with van der Waals surface area (Å²) in [6.07, 6.45) is 0.656. The van der Waals surface area contributed by atoms with Gasteiger partial charge in [0.05, 0.1) is 7.11 Å². The molecule has 8 nitrogen and oxygen atoms in total. The number of benzene rings is 1. The van der Waals surface area contributed by atoms with Crippen LogP contribution < -0.4 is 15.4 Å². The van der Waals surface area contributed by atoms with Crippen molar-refractivity contribution >= 4 is 17.7 Å². The Bertz CT molecular complexity index is 939. The lowest BCUT2D eigenvalue weighted by atomic mass is 10.1. The molecular weight excluding hydrogens is 346 g/mol. The van der Waals surface area contributed by atoms with Gasteiger partial charge in [-0.05, 0) is 38.0 Å². The minimum atomic E-state index is -0.269. The van der Waals surface area contributed by atoms with Crippen molar-refractivity contribution in [2.45, 2.75) is 20.3 Å². The Balaban J connectivity index is 1.64. The first-order chi connectivity index (χ1) is 13.0. The molecule has 0 aliphatic heterocycles. The van der Waals surface area contributed by atoms with E-state index in [0.717, 1.165) is 11.3 Å². The van der Waals surface area contributed by atoms with E-state index in [9.17, 15) is 4.79 Å². The van der Waals surface area contributed by atoms with Crippen molar-refractivity contribution in [2.24, 2.45) is 0 Å². The average molecular weight is 367 g/mol. The van der Waals surface area contributed by atoms with Gasteiger partial charge in [-0.3, -0.25) is 4.79 Å². The number of carbonyl (C=O) groups excluding carboxylic acids is 1. The number of methoxy groups -OCH3 is 1. The number of aryl methyl sites for hydroxylation is 2. The van der Waals surface area contributed by atoms with Crippen molar-refractivity contribution < 1.29 is 14.1 Å². The highest BCUT2D eigenvalue weighted by Crippen LogP contribution is 2.17. The maximum absolute atomic E-state index is 12.5. The number of rotatable bonds is 7. The zero-order chi connectivity index (χ0) is 19.2. The number of para-hydroxylation sites is 1. The lowest BCUT2D eigenvalue weighted by molar-refractivity contribution is 0.0949. The van der Waals surface area contributed by atoms with Crippen LogP contribution in [0.2, 0.25) is 0 Å². The Kier molecular flexibility index (Phi) is 5.65. The highest BCUT2D eigenvalue weighted by atomic mass is 16.5. The second-order valence-corrected chi connectivity index (χ2v) is 5.98. The number of anilines is 2. The van der Waals surface area contributed by atoms with Crippen LogP contribution in [-0.4, -0.2) is 34.7 Å². The van der Waals surface area contributed by atoms with E-state index in [-0.39, 0.29) is 17.5 Å². The summed E-state index contributed by atoms with van der Waals surface area (Å²) in [5.74, 6) is 1.98. The third-order valence-electron chi connectivity index (χ3n) is 3.83. The lowest BCUT2D eigenvalue weighted by Gasteiger charge is -2.10. The van der Waals surface area contributed by atoms with Crippen LogP contribution in [0.1, 0.15) is 27.5 Å². The van der Waals surface area contributed by atoms with Crippen LogP contribution in [-0.2, 0) is 6.42 Å². The molecule has 2 heterocycles. The number of carbonyl (C=O) groups is 1. The molecule has 0 radical (unpaired) electrons. The van der Waals surface area contributed by atoms with Gasteiger partial charge >= 0.3 is 0 Å². The van der Waals surface area contributed by atoms with E-state index >= 15 is 0 Å². The predicted molar refractivity (Wildman–Crippen MR) is 100 cm³/mol. The fraction of sp³-hybridized carbons (Fsp3) is 0.263.